The fourth-order valence-electron chi connectivity index (χ4n) is 2.10. The summed E-state index contributed by atoms with van der Waals surface area (Å²) in [7, 11) is 1.52. The monoisotopic (exact) mass is 300 g/mol. The molecular formula is C17H16O5. The molecule has 0 fully saturated rings. The minimum atomic E-state index is -0.638. The van der Waals surface area contributed by atoms with E-state index in [-0.39, 0.29) is 11.5 Å². The van der Waals surface area contributed by atoms with Crippen molar-refractivity contribution in [3.8, 4) is 17.2 Å². The molecule has 0 heterocycles. The van der Waals surface area contributed by atoms with Gasteiger partial charge in [-0.05, 0) is 13.0 Å². The Kier molecular flexibility index (Phi) is 4.46. The predicted octanol–water partition coefficient (Wildman–Crippen LogP) is 3.17. The number of esters is 2. The molecule has 5 heteroatoms. The van der Waals surface area contributed by atoms with Crippen LogP contribution in [0.4, 0.5) is 0 Å². The number of fused-ring (bicyclic) bond motifs is 1. The number of benzene rings is 2. The summed E-state index contributed by atoms with van der Waals surface area (Å²) in [5.41, 5.74) is 1.02. The van der Waals surface area contributed by atoms with Crippen LogP contribution >= 0.6 is 0 Å². The zero-order chi connectivity index (χ0) is 16.3. The van der Waals surface area contributed by atoms with Gasteiger partial charge < -0.3 is 14.2 Å². The first-order valence-corrected chi connectivity index (χ1v) is 6.60. The lowest BCUT2D eigenvalue weighted by molar-refractivity contribution is -0.133. The molecular weight excluding hydrogens is 284 g/mol. The average Bonchev–Trinajstić information content (AvgIpc) is 2.48. The maximum atomic E-state index is 11.6. The van der Waals surface area contributed by atoms with Crippen LogP contribution in [0.2, 0.25) is 0 Å². The fraction of sp³-hybridized carbons (Fsp3) is 0.176. The SMILES string of the molecule is C=CC(=O)Oc1c(OC(C)=O)cc(OC)c2cc(C)ccc12. The van der Waals surface area contributed by atoms with Gasteiger partial charge in [0, 0.05) is 29.8 Å². The molecule has 0 spiro atoms. The molecule has 114 valence electrons. The molecule has 0 atom stereocenters. The van der Waals surface area contributed by atoms with Crippen molar-refractivity contribution in [3.63, 3.8) is 0 Å². The van der Waals surface area contributed by atoms with Crippen LogP contribution < -0.4 is 14.2 Å². The quantitative estimate of drug-likeness (QED) is 0.493. The highest BCUT2D eigenvalue weighted by Crippen LogP contribution is 2.42. The number of carbonyl (C=O) groups excluding carboxylic acids is 2. The van der Waals surface area contributed by atoms with E-state index in [0.29, 0.717) is 11.1 Å². The molecule has 0 N–H and O–H groups in total. The van der Waals surface area contributed by atoms with E-state index in [1.165, 1.54) is 20.1 Å². The van der Waals surface area contributed by atoms with Crippen LogP contribution in [-0.4, -0.2) is 19.0 Å². The Morgan fingerprint density at radius 2 is 1.82 bits per heavy atom. The molecule has 0 radical (unpaired) electrons. The van der Waals surface area contributed by atoms with Crippen LogP contribution in [0.1, 0.15) is 12.5 Å². The fourth-order valence-corrected chi connectivity index (χ4v) is 2.10. The van der Waals surface area contributed by atoms with Gasteiger partial charge in [0.2, 0.25) is 0 Å². The van der Waals surface area contributed by atoms with Gasteiger partial charge in [-0.15, -0.1) is 0 Å². The number of methoxy groups -OCH3 is 1. The summed E-state index contributed by atoms with van der Waals surface area (Å²) in [6, 6.07) is 7.07. The molecule has 0 saturated heterocycles. The summed E-state index contributed by atoms with van der Waals surface area (Å²) in [4.78, 5) is 22.9. The second-order valence-electron chi connectivity index (χ2n) is 4.67. The van der Waals surface area contributed by atoms with Gasteiger partial charge in [0.1, 0.15) is 5.75 Å². The molecule has 0 aliphatic heterocycles. The molecule has 0 aliphatic rings. The lowest BCUT2D eigenvalue weighted by Gasteiger charge is -2.15. The number of ether oxygens (including phenoxy) is 3. The van der Waals surface area contributed by atoms with Gasteiger partial charge in [0.05, 0.1) is 7.11 Å². The normalized spacial score (nSPS) is 10.1. The van der Waals surface area contributed by atoms with Crippen molar-refractivity contribution in [3.05, 3.63) is 42.5 Å². The first kappa shape index (κ1) is 15.6. The van der Waals surface area contributed by atoms with Gasteiger partial charge in [0.25, 0.3) is 0 Å². The summed E-state index contributed by atoms with van der Waals surface area (Å²) in [5, 5.41) is 1.36. The lowest BCUT2D eigenvalue weighted by Crippen LogP contribution is -2.08. The summed E-state index contributed by atoms with van der Waals surface area (Å²) >= 11 is 0. The van der Waals surface area contributed by atoms with Crippen LogP contribution in [0.3, 0.4) is 0 Å². The van der Waals surface area contributed by atoms with Gasteiger partial charge in [-0.2, -0.15) is 0 Å². The Balaban J connectivity index is 2.76. The van der Waals surface area contributed by atoms with Crippen molar-refractivity contribution in [1.29, 1.82) is 0 Å². The summed E-state index contributed by atoms with van der Waals surface area (Å²) in [6.45, 7) is 6.58. The first-order chi connectivity index (χ1) is 10.5. The molecule has 2 rings (SSSR count). The molecule has 5 nitrogen and oxygen atoms in total. The van der Waals surface area contributed by atoms with Crippen molar-refractivity contribution in [2.45, 2.75) is 13.8 Å². The third-order valence-electron chi connectivity index (χ3n) is 3.01. The van der Waals surface area contributed by atoms with Crippen molar-refractivity contribution >= 4 is 22.7 Å². The Morgan fingerprint density at radius 1 is 1.09 bits per heavy atom. The summed E-state index contributed by atoms with van der Waals surface area (Å²) in [5.74, 6) is -0.356. The van der Waals surface area contributed by atoms with Gasteiger partial charge in [-0.3, -0.25) is 4.79 Å². The van der Waals surface area contributed by atoms with Crippen molar-refractivity contribution in [2.24, 2.45) is 0 Å². The average molecular weight is 300 g/mol. The number of hydrogen-bond donors (Lipinski definition) is 0. The van der Waals surface area contributed by atoms with Gasteiger partial charge in [0.15, 0.2) is 11.5 Å². The third kappa shape index (κ3) is 3.09. The van der Waals surface area contributed by atoms with E-state index in [2.05, 4.69) is 6.58 Å². The highest BCUT2D eigenvalue weighted by Gasteiger charge is 2.18. The zero-order valence-electron chi connectivity index (χ0n) is 12.6. The van der Waals surface area contributed by atoms with Crippen molar-refractivity contribution < 1.29 is 23.8 Å². The van der Waals surface area contributed by atoms with Crippen LogP contribution in [0.25, 0.3) is 10.8 Å². The smallest absolute Gasteiger partial charge is 0.335 e. The standard InChI is InChI=1S/C17H16O5/c1-5-16(19)22-17-12-7-6-10(2)8-13(12)14(20-4)9-15(17)21-11(3)18/h5-9H,1H2,2-4H3. The number of carbonyl (C=O) groups is 2. The molecule has 0 aliphatic carbocycles. The van der Waals surface area contributed by atoms with Gasteiger partial charge >= 0.3 is 11.9 Å². The maximum Gasteiger partial charge on any atom is 0.335 e. The first-order valence-electron chi connectivity index (χ1n) is 6.60. The Morgan fingerprint density at radius 3 is 2.41 bits per heavy atom. The van der Waals surface area contributed by atoms with E-state index in [1.54, 1.807) is 6.07 Å². The second kappa shape index (κ2) is 6.30. The summed E-state index contributed by atoms with van der Waals surface area (Å²) in [6.07, 6.45) is 1.04. The molecule has 0 aromatic heterocycles. The van der Waals surface area contributed by atoms with Gasteiger partial charge in [-0.25, -0.2) is 4.79 Å². The number of rotatable bonds is 4. The van der Waals surface area contributed by atoms with Crippen molar-refractivity contribution in [1.82, 2.24) is 0 Å². The molecule has 22 heavy (non-hydrogen) atoms. The van der Waals surface area contributed by atoms with E-state index >= 15 is 0 Å². The van der Waals surface area contributed by atoms with E-state index in [4.69, 9.17) is 14.2 Å². The van der Waals surface area contributed by atoms with Crippen LogP contribution in [0, 0.1) is 6.92 Å². The van der Waals surface area contributed by atoms with E-state index < -0.39 is 11.9 Å². The lowest BCUT2D eigenvalue weighted by atomic mass is 10.0. The molecule has 0 unspecified atom stereocenters. The number of aryl methyl sites for hydroxylation is 1. The Bertz CT molecular complexity index is 761. The topological polar surface area (TPSA) is 61.8 Å². The summed E-state index contributed by atoms with van der Waals surface area (Å²) < 4.78 is 15.7. The molecule has 0 saturated carbocycles. The van der Waals surface area contributed by atoms with E-state index in [1.807, 2.05) is 19.1 Å². The highest BCUT2D eigenvalue weighted by atomic mass is 16.6. The van der Waals surface area contributed by atoms with E-state index in [9.17, 15) is 9.59 Å². The minimum absolute atomic E-state index is 0.121. The highest BCUT2D eigenvalue weighted by molar-refractivity contribution is 5.99. The third-order valence-corrected chi connectivity index (χ3v) is 3.01. The van der Waals surface area contributed by atoms with E-state index in [0.717, 1.165) is 17.0 Å². The molecule has 2 aromatic rings. The van der Waals surface area contributed by atoms with Crippen LogP contribution in [-0.2, 0) is 9.59 Å². The zero-order valence-corrected chi connectivity index (χ0v) is 12.6. The maximum absolute atomic E-state index is 11.6. The largest absolute Gasteiger partial charge is 0.496 e. The second-order valence-corrected chi connectivity index (χ2v) is 4.67. The predicted molar refractivity (Wildman–Crippen MR) is 82.4 cm³/mol. The molecule has 2 aromatic carbocycles. The Hall–Kier alpha value is -2.82. The van der Waals surface area contributed by atoms with Crippen LogP contribution in [0.15, 0.2) is 36.9 Å². The molecule has 0 amide bonds. The van der Waals surface area contributed by atoms with Crippen LogP contribution in [0.5, 0.6) is 17.2 Å². The van der Waals surface area contributed by atoms with Gasteiger partial charge in [-0.1, -0.05) is 24.3 Å². The minimum Gasteiger partial charge on any atom is -0.496 e. The Labute approximate surface area is 128 Å². The number of hydrogen-bond acceptors (Lipinski definition) is 5. The van der Waals surface area contributed by atoms with Crippen molar-refractivity contribution in [2.75, 3.05) is 7.11 Å². The molecule has 0 bridgehead atoms.